The Balaban J connectivity index is 1.63. The molecular formula is C33H59N5O15. The van der Waals surface area contributed by atoms with Gasteiger partial charge in [-0.1, -0.05) is 6.42 Å². The summed E-state index contributed by atoms with van der Waals surface area (Å²) in [5, 5.41) is 72.7. The number of likely N-dealkylation sites (N-methyl/N-ethyl adjacent to an activating group) is 1. The lowest BCUT2D eigenvalue weighted by molar-refractivity contribution is -0.270. The van der Waals surface area contributed by atoms with Gasteiger partial charge in [0.1, 0.15) is 54.7 Å². The largest absolute Gasteiger partial charge is 0.394 e. The summed E-state index contributed by atoms with van der Waals surface area (Å²) >= 11 is 0. The Morgan fingerprint density at radius 1 is 0.660 bits per heavy atom. The zero-order chi connectivity index (χ0) is 39.5. The number of aliphatic hydroxyl groups excluding tert-OH is 6. The van der Waals surface area contributed by atoms with Crippen LogP contribution in [0.5, 0.6) is 0 Å². The quantitative estimate of drug-likeness (QED) is 0.0439. The Kier molecular flexibility index (Phi) is 21.2. The minimum atomic E-state index is -1.43. The molecule has 2 aliphatic heterocycles. The molecule has 0 bridgehead atoms. The van der Waals surface area contributed by atoms with Gasteiger partial charge in [0.15, 0.2) is 12.6 Å². The number of unbranched alkanes of at least 4 members (excludes halogenated alkanes) is 3. The maximum absolute atomic E-state index is 12.6. The zero-order valence-corrected chi connectivity index (χ0v) is 30.6. The number of rotatable bonds is 23. The molecule has 0 aromatic rings. The van der Waals surface area contributed by atoms with Crippen LogP contribution < -0.4 is 26.6 Å². The van der Waals surface area contributed by atoms with Gasteiger partial charge >= 0.3 is 0 Å². The number of amides is 5. The van der Waals surface area contributed by atoms with Crippen LogP contribution in [0.25, 0.3) is 0 Å². The van der Waals surface area contributed by atoms with Gasteiger partial charge in [0.25, 0.3) is 0 Å². The normalized spacial score (nSPS) is 29.1. The van der Waals surface area contributed by atoms with E-state index in [4.69, 9.17) is 18.9 Å². The van der Waals surface area contributed by atoms with Crippen molar-refractivity contribution in [1.29, 1.82) is 0 Å². The molecule has 0 aliphatic carbocycles. The minimum absolute atomic E-state index is 0.0365. The maximum Gasteiger partial charge on any atom is 0.242 e. The molecule has 0 aromatic heterocycles. The van der Waals surface area contributed by atoms with Crippen LogP contribution in [-0.2, 0) is 42.9 Å². The first-order chi connectivity index (χ1) is 25.2. The predicted octanol–water partition coefficient (Wildman–Crippen LogP) is -4.24. The van der Waals surface area contributed by atoms with Crippen LogP contribution in [-0.4, -0.2) is 168 Å². The van der Waals surface area contributed by atoms with Crippen molar-refractivity contribution < 1.29 is 73.6 Å². The van der Waals surface area contributed by atoms with Crippen molar-refractivity contribution in [2.24, 2.45) is 0 Å². The molecule has 2 fully saturated rings. The summed E-state index contributed by atoms with van der Waals surface area (Å²) in [6.07, 6.45) is -6.54. The molecule has 53 heavy (non-hydrogen) atoms. The van der Waals surface area contributed by atoms with Gasteiger partial charge in [0.05, 0.1) is 19.8 Å². The summed E-state index contributed by atoms with van der Waals surface area (Å²) in [6, 6.07) is -2.86. The third-order valence-corrected chi connectivity index (χ3v) is 8.80. The van der Waals surface area contributed by atoms with Crippen LogP contribution in [0.1, 0.15) is 71.6 Å². The first-order valence-electron chi connectivity index (χ1n) is 18.0. The van der Waals surface area contributed by atoms with Crippen molar-refractivity contribution in [1.82, 2.24) is 26.6 Å². The highest BCUT2D eigenvalue weighted by atomic mass is 16.7. The van der Waals surface area contributed by atoms with Crippen LogP contribution >= 0.6 is 0 Å². The molecule has 0 spiro atoms. The van der Waals surface area contributed by atoms with E-state index < -0.39 is 92.4 Å². The van der Waals surface area contributed by atoms with Gasteiger partial charge in [-0.2, -0.15) is 0 Å². The van der Waals surface area contributed by atoms with Gasteiger partial charge in [-0.3, -0.25) is 24.0 Å². The maximum atomic E-state index is 12.6. The fourth-order valence-corrected chi connectivity index (χ4v) is 5.92. The Labute approximate surface area is 308 Å². The second kappa shape index (κ2) is 24.4. The van der Waals surface area contributed by atoms with Crippen molar-refractivity contribution in [3.05, 3.63) is 0 Å². The summed E-state index contributed by atoms with van der Waals surface area (Å²) < 4.78 is 22.3. The summed E-state index contributed by atoms with van der Waals surface area (Å²) in [7, 11) is 1.47. The third-order valence-electron chi connectivity index (χ3n) is 8.80. The van der Waals surface area contributed by atoms with Crippen molar-refractivity contribution in [3.63, 3.8) is 0 Å². The molecule has 0 radical (unpaired) electrons. The van der Waals surface area contributed by atoms with Gasteiger partial charge in [-0.15, -0.1) is 0 Å². The molecule has 11 N–H and O–H groups in total. The molecule has 0 aromatic carbocycles. The van der Waals surface area contributed by atoms with Gasteiger partial charge in [-0.05, 0) is 38.5 Å². The molecule has 2 saturated heterocycles. The lowest BCUT2D eigenvalue weighted by Gasteiger charge is -2.42. The second-order valence-electron chi connectivity index (χ2n) is 13.1. The molecule has 2 aliphatic rings. The molecule has 11 unspecified atom stereocenters. The summed E-state index contributed by atoms with van der Waals surface area (Å²) in [4.78, 5) is 60.4. The zero-order valence-electron chi connectivity index (χ0n) is 30.6. The van der Waals surface area contributed by atoms with E-state index >= 15 is 0 Å². The standard InChI is InChI=1S/C33H59N5O15/c1-18(41)36-25-29(47)27(45)21(16-39)52-32(25)50-14-8-4-5-11-24(44)38-20(31(49)34-3)10-6-7-13-35-23(43)12-9-15-51-33-26(37-19(2)42)30(48)28(46)22(17-40)53-33/h20-22,25-30,32-33,39-40,45-48H,4-17H2,1-3H3,(H,34,49)(H,35,43)(H,36,41)(H,37,42)(H,38,44). The molecule has 2 heterocycles. The molecule has 5 amide bonds. The smallest absolute Gasteiger partial charge is 0.242 e. The van der Waals surface area contributed by atoms with Gasteiger partial charge in [0, 0.05) is 46.9 Å². The van der Waals surface area contributed by atoms with Crippen LogP contribution in [0, 0.1) is 0 Å². The van der Waals surface area contributed by atoms with E-state index in [2.05, 4.69) is 26.6 Å². The van der Waals surface area contributed by atoms with E-state index in [-0.39, 0.29) is 50.2 Å². The second-order valence-corrected chi connectivity index (χ2v) is 13.1. The Bertz CT molecular complexity index is 1150. The highest BCUT2D eigenvalue weighted by molar-refractivity contribution is 5.87. The lowest BCUT2D eigenvalue weighted by Crippen LogP contribution is -2.64. The molecule has 20 heteroatoms. The van der Waals surface area contributed by atoms with Gasteiger partial charge in [-0.25, -0.2) is 0 Å². The Hall–Kier alpha value is -3.05. The average molecular weight is 766 g/mol. The topological polar surface area (TPSA) is 304 Å². The van der Waals surface area contributed by atoms with E-state index in [0.29, 0.717) is 45.1 Å². The number of nitrogens with one attached hydrogen (secondary N) is 5. The number of aliphatic hydroxyl groups is 6. The first kappa shape index (κ1) is 46.1. The van der Waals surface area contributed by atoms with Crippen molar-refractivity contribution in [2.75, 3.05) is 40.0 Å². The van der Waals surface area contributed by atoms with Crippen molar-refractivity contribution >= 4 is 29.5 Å². The Morgan fingerprint density at radius 2 is 1.17 bits per heavy atom. The van der Waals surface area contributed by atoms with E-state index in [1.807, 2.05) is 0 Å². The van der Waals surface area contributed by atoms with Crippen molar-refractivity contribution in [3.8, 4) is 0 Å². The number of carbonyl (C=O) groups is 5. The van der Waals surface area contributed by atoms with Crippen LogP contribution in [0.2, 0.25) is 0 Å². The van der Waals surface area contributed by atoms with E-state index in [9.17, 15) is 54.6 Å². The number of hydrogen-bond acceptors (Lipinski definition) is 15. The SMILES string of the molecule is CNC(=O)C(CCCCNC(=O)CCCOC1OC(CO)C(O)C(O)C1NC(C)=O)NC(=O)CCCCCOC1OC(CO)C(O)C(O)C1NC(C)=O. The molecule has 20 nitrogen and oxygen atoms in total. The highest BCUT2D eigenvalue weighted by Gasteiger charge is 2.46. The molecular weight excluding hydrogens is 706 g/mol. The first-order valence-corrected chi connectivity index (χ1v) is 18.0. The number of carbonyl (C=O) groups excluding carboxylic acids is 5. The average Bonchev–Trinajstić information content (AvgIpc) is 3.12. The van der Waals surface area contributed by atoms with E-state index in [0.717, 1.165) is 0 Å². The number of ether oxygens (including phenoxy) is 4. The molecule has 0 saturated carbocycles. The summed E-state index contributed by atoms with van der Waals surface area (Å²) in [6.45, 7) is 1.89. The molecule has 2 rings (SSSR count). The molecule has 11 atom stereocenters. The lowest BCUT2D eigenvalue weighted by atomic mass is 9.97. The van der Waals surface area contributed by atoms with Crippen LogP contribution in [0.15, 0.2) is 0 Å². The van der Waals surface area contributed by atoms with E-state index in [1.165, 1.54) is 20.9 Å². The van der Waals surface area contributed by atoms with Gasteiger partial charge in [0.2, 0.25) is 29.5 Å². The minimum Gasteiger partial charge on any atom is -0.394 e. The monoisotopic (exact) mass is 765 g/mol. The summed E-state index contributed by atoms with van der Waals surface area (Å²) in [5.74, 6) is -1.83. The Morgan fingerprint density at radius 3 is 1.66 bits per heavy atom. The predicted molar refractivity (Wildman–Crippen MR) is 183 cm³/mol. The molecule has 306 valence electrons. The number of hydrogen-bond donors (Lipinski definition) is 11. The van der Waals surface area contributed by atoms with Crippen molar-refractivity contribution in [2.45, 2.75) is 139 Å². The van der Waals surface area contributed by atoms with Crippen LogP contribution in [0.4, 0.5) is 0 Å². The van der Waals surface area contributed by atoms with Crippen LogP contribution in [0.3, 0.4) is 0 Å². The van der Waals surface area contributed by atoms with E-state index in [1.54, 1.807) is 0 Å². The summed E-state index contributed by atoms with van der Waals surface area (Å²) in [5.41, 5.74) is 0. The highest BCUT2D eigenvalue weighted by Crippen LogP contribution is 2.24. The fraction of sp³-hybridized carbons (Fsp3) is 0.848. The fourth-order valence-electron chi connectivity index (χ4n) is 5.92. The third kappa shape index (κ3) is 15.7. The van der Waals surface area contributed by atoms with Gasteiger partial charge < -0.3 is 76.2 Å².